The molecule has 0 bridgehead atoms. The number of benzene rings is 1. The topological polar surface area (TPSA) is 132 Å². The van der Waals surface area contributed by atoms with Crippen molar-refractivity contribution in [1.82, 2.24) is 14.5 Å². The Balaban J connectivity index is 2.44. The number of ether oxygens (including phenoxy) is 2. The van der Waals surface area contributed by atoms with Crippen molar-refractivity contribution < 1.29 is 31.2 Å². The van der Waals surface area contributed by atoms with Gasteiger partial charge in [0.1, 0.15) is 16.7 Å². The van der Waals surface area contributed by atoms with Crippen molar-refractivity contribution in [1.29, 1.82) is 0 Å². The summed E-state index contributed by atoms with van der Waals surface area (Å²) in [5.74, 6) is -0.565. The number of hydrogen-bond donors (Lipinski definition) is 1. The van der Waals surface area contributed by atoms with Crippen molar-refractivity contribution in [3.8, 4) is 17.7 Å². The molecule has 2 heterocycles. The van der Waals surface area contributed by atoms with Crippen LogP contribution in [0.1, 0.15) is 5.56 Å². The normalized spacial score (nSPS) is 13.1. The van der Waals surface area contributed by atoms with Crippen LogP contribution in [-0.2, 0) is 27.6 Å². The molecule has 1 unspecified atom stereocenters. The number of aromatic nitrogens is 3. The maximum absolute atomic E-state index is 13.0. The Labute approximate surface area is 184 Å². The van der Waals surface area contributed by atoms with E-state index < -0.39 is 34.0 Å². The SMILES string of the molecule is COc1nc(-n2cc(S(N)(=O)=O)c3ccc(Cl)c([S+](C)[O-])c32)nc(OC)c1CC(F)F. The van der Waals surface area contributed by atoms with Gasteiger partial charge in [-0.25, -0.2) is 22.3 Å². The number of nitrogens with two attached hydrogens (primary N) is 1. The predicted molar refractivity (Wildman–Crippen MR) is 110 cm³/mol. The molecule has 1 aromatic carbocycles. The van der Waals surface area contributed by atoms with Crippen LogP contribution >= 0.6 is 11.6 Å². The monoisotopic (exact) mass is 494 g/mol. The van der Waals surface area contributed by atoms with Crippen LogP contribution in [0.25, 0.3) is 16.9 Å². The molecule has 0 fully saturated rings. The molecule has 31 heavy (non-hydrogen) atoms. The Morgan fingerprint density at radius 3 is 2.29 bits per heavy atom. The highest BCUT2D eigenvalue weighted by molar-refractivity contribution is 7.91. The lowest BCUT2D eigenvalue weighted by atomic mass is 10.2. The molecule has 0 spiro atoms. The highest BCUT2D eigenvalue weighted by atomic mass is 35.5. The van der Waals surface area contributed by atoms with Gasteiger partial charge in [-0.1, -0.05) is 11.6 Å². The Bertz CT molecular complexity index is 1230. The molecule has 0 aliphatic rings. The summed E-state index contributed by atoms with van der Waals surface area (Å²) in [5.41, 5.74) is 0.0623. The van der Waals surface area contributed by atoms with E-state index in [9.17, 15) is 21.8 Å². The van der Waals surface area contributed by atoms with Gasteiger partial charge in [-0.15, -0.1) is 0 Å². The Hall–Kier alpha value is -2.19. The molecule has 3 rings (SSSR count). The third-order valence-corrected chi connectivity index (χ3v) is 6.66. The van der Waals surface area contributed by atoms with Gasteiger partial charge in [-0.2, -0.15) is 9.97 Å². The average Bonchev–Trinajstić information content (AvgIpc) is 3.07. The Kier molecular flexibility index (Phi) is 6.62. The third kappa shape index (κ3) is 4.41. The Morgan fingerprint density at radius 1 is 1.26 bits per heavy atom. The Morgan fingerprint density at radius 2 is 1.84 bits per heavy atom. The van der Waals surface area contributed by atoms with E-state index in [1.54, 1.807) is 0 Å². The molecule has 0 saturated carbocycles. The van der Waals surface area contributed by atoms with Gasteiger partial charge in [-0.3, -0.25) is 4.57 Å². The molecule has 0 aliphatic carbocycles. The molecule has 0 saturated heterocycles. The maximum Gasteiger partial charge on any atom is 0.243 e. The van der Waals surface area contributed by atoms with Crippen LogP contribution in [0.3, 0.4) is 0 Å². The molecular weight excluding hydrogens is 478 g/mol. The van der Waals surface area contributed by atoms with E-state index in [1.165, 1.54) is 37.2 Å². The van der Waals surface area contributed by atoms with E-state index >= 15 is 0 Å². The molecule has 2 N–H and O–H groups in total. The summed E-state index contributed by atoms with van der Waals surface area (Å²) in [4.78, 5) is 8.10. The molecular formula is C17H17ClF2N4O5S2. The van der Waals surface area contributed by atoms with Gasteiger partial charge >= 0.3 is 0 Å². The van der Waals surface area contributed by atoms with Crippen molar-refractivity contribution in [2.75, 3.05) is 20.5 Å². The zero-order valence-corrected chi connectivity index (χ0v) is 18.8. The minimum Gasteiger partial charge on any atom is -0.612 e. The first-order valence-corrected chi connectivity index (χ1v) is 11.9. The second-order valence-electron chi connectivity index (χ2n) is 6.25. The largest absolute Gasteiger partial charge is 0.612 e. The zero-order chi connectivity index (χ0) is 23.1. The van der Waals surface area contributed by atoms with Crippen LogP contribution in [0, 0.1) is 0 Å². The van der Waals surface area contributed by atoms with Crippen LogP contribution in [0.15, 0.2) is 28.1 Å². The summed E-state index contributed by atoms with van der Waals surface area (Å²) >= 11 is 4.58. The van der Waals surface area contributed by atoms with Crippen molar-refractivity contribution in [2.45, 2.75) is 22.6 Å². The van der Waals surface area contributed by atoms with Crippen LogP contribution < -0.4 is 14.6 Å². The van der Waals surface area contributed by atoms with E-state index in [4.69, 9.17) is 26.2 Å². The number of rotatable bonds is 7. The van der Waals surface area contributed by atoms with Gasteiger partial charge in [-0.05, 0) is 23.3 Å². The lowest BCUT2D eigenvalue weighted by Gasteiger charge is -2.15. The fourth-order valence-corrected chi connectivity index (χ4v) is 5.13. The molecule has 2 aromatic heterocycles. The van der Waals surface area contributed by atoms with Gasteiger partial charge in [0.25, 0.3) is 0 Å². The van der Waals surface area contributed by atoms with Gasteiger partial charge in [0, 0.05) is 18.0 Å². The van der Waals surface area contributed by atoms with Crippen LogP contribution in [0.4, 0.5) is 8.78 Å². The minimum atomic E-state index is -4.21. The first kappa shape index (κ1) is 23.5. The van der Waals surface area contributed by atoms with Gasteiger partial charge in [0.2, 0.25) is 34.2 Å². The quantitative estimate of drug-likeness (QED) is 0.498. The third-order valence-electron chi connectivity index (χ3n) is 4.31. The highest BCUT2D eigenvalue weighted by Gasteiger charge is 2.28. The van der Waals surface area contributed by atoms with Crippen LogP contribution in [0.5, 0.6) is 11.8 Å². The molecule has 3 aromatic rings. The first-order chi connectivity index (χ1) is 14.5. The highest BCUT2D eigenvalue weighted by Crippen LogP contribution is 2.37. The number of alkyl halides is 2. The maximum atomic E-state index is 13.0. The number of nitrogens with zero attached hydrogens (tertiary/aromatic N) is 3. The van der Waals surface area contributed by atoms with E-state index in [1.807, 2.05) is 0 Å². The minimum absolute atomic E-state index is 0.0656. The number of halogens is 3. The summed E-state index contributed by atoms with van der Waals surface area (Å²) in [6, 6.07) is 2.80. The number of methoxy groups -OCH3 is 2. The summed E-state index contributed by atoms with van der Waals surface area (Å²) in [7, 11) is -1.75. The lowest BCUT2D eigenvalue weighted by molar-refractivity contribution is 0.146. The molecule has 14 heteroatoms. The molecule has 9 nitrogen and oxygen atoms in total. The van der Waals surface area contributed by atoms with E-state index in [2.05, 4.69) is 9.97 Å². The van der Waals surface area contributed by atoms with Gasteiger partial charge in [0.15, 0.2) is 4.90 Å². The standard InChI is InChI=1S/C17H17ClF2N4O5S2/c1-28-15-9(6-12(19)20)16(29-2)23-17(22-15)24-7-11(31(21,26)27)8-4-5-10(18)14(13(8)24)30(3)25/h4-5,7,12H,6H2,1-3H3,(H2,21,26,27). The molecule has 0 amide bonds. The van der Waals surface area contributed by atoms with Crippen molar-refractivity contribution in [3.05, 3.63) is 28.9 Å². The average molecular weight is 495 g/mol. The smallest absolute Gasteiger partial charge is 0.243 e. The fraction of sp³-hybridized carbons (Fsp3) is 0.294. The molecule has 0 aliphatic heterocycles. The summed E-state index contributed by atoms with van der Waals surface area (Å²) in [5, 5.41) is 5.59. The van der Waals surface area contributed by atoms with Crippen molar-refractivity contribution >= 4 is 43.7 Å². The summed E-state index contributed by atoms with van der Waals surface area (Å²) in [6.45, 7) is 0. The molecule has 0 radical (unpaired) electrons. The molecule has 168 valence electrons. The van der Waals surface area contributed by atoms with Gasteiger partial charge in [0.05, 0.1) is 24.8 Å². The number of sulfonamides is 1. The predicted octanol–water partition coefficient (Wildman–Crippen LogP) is 2.28. The number of hydrogen-bond acceptors (Lipinski definition) is 7. The van der Waals surface area contributed by atoms with Crippen molar-refractivity contribution in [3.63, 3.8) is 0 Å². The lowest BCUT2D eigenvalue weighted by Crippen LogP contribution is -2.12. The second kappa shape index (κ2) is 8.74. The van der Waals surface area contributed by atoms with E-state index in [-0.39, 0.29) is 49.0 Å². The first-order valence-electron chi connectivity index (χ1n) is 8.46. The zero-order valence-electron chi connectivity index (χ0n) is 16.4. The number of primary sulfonamides is 1. The van der Waals surface area contributed by atoms with Crippen LogP contribution in [0.2, 0.25) is 5.02 Å². The summed E-state index contributed by atoms with van der Waals surface area (Å²) in [6.07, 6.45) is -0.945. The van der Waals surface area contributed by atoms with E-state index in [0.717, 1.165) is 6.20 Å². The number of fused-ring (bicyclic) bond motifs is 1. The van der Waals surface area contributed by atoms with Crippen LogP contribution in [-0.4, -0.2) is 54.4 Å². The molecule has 1 atom stereocenters. The summed E-state index contributed by atoms with van der Waals surface area (Å²) < 4.78 is 74.2. The fourth-order valence-electron chi connectivity index (χ4n) is 3.10. The second-order valence-corrected chi connectivity index (χ2v) is 9.50. The van der Waals surface area contributed by atoms with Gasteiger partial charge < -0.3 is 14.0 Å². The van der Waals surface area contributed by atoms with Crippen molar-refractivity contribution in [2.24, 2.45) is 5.14 Å². The van der Waals surface area contributed by atoms with E-state index in [0.29, 0.717) is 0 Å².